The molecule has 1 aromatic rings. The maximum atomic E-state index is 12.1. The number of carbonyl (C=O) groups excluding carboxylic acids is 1. The lowest BCUT2D eigenvalue weighted by atomic mass is 10.1. The summed E-state index contributed by atoms with van der Waals surface area (Å²) in [4.78, 5) is 18.1. The SMILES string of the molecule is C=CC1C[C@H]1c1cncc(OC[C@@H]2CCN2C(=O)OC(C)(C)C)c1. The number of carbonyl (C=O) groups is 1. The fourth-order valence-corrected chi connectivity index (χ4v) is 2.94. The smallest absolute Gasteiger partial charge is 0.410 e. The molecule has 0 N–H and O–H groups in total. The minimum Gasteiger partial charge on any atom is -0.490 e. The zero-order chi connectivity index (χ0) is 17.3. The minimum absolute atomic E-state index is 0.0744. The van der Waals surface area contributed by atoms with Gasteiger partial charge in [0, 0.05) is 12.7 Å². The fraction of sp³-hybridized carbons (Fsp3) is 0.579. The molecule has 5 heteroatoms. The first-order chi connectivity index (χ1) is 11.4. The van der Waals surface area contributed by atoms with Crippen LogP contribution in [0.4, 0.5) is 4.79 Å². The summed E-state index contributed by atoms with van der Waals surface area (Å²) in [6.07, 6.45) is 7.45. The normalized spacial score (nSPS) is 25.6. The number of rotatable bonds is 5. The Bertz CT molecular complexity index is 623. The Kier molecular flexibility index (Phi) is 4.52. The van der Waals surface area contributed by atoms with Crippen LogP contribution in [0.1, 0.15) is 45.1 Å². The van der Waals surface area contributed by atoms with Gasteiger partial charge in [0.1, 0.15) is 18.0 Å². The molecule has 2 aliphatic rings. The van der Waals surface area contributed by atoms with Crippen LogP contribution in [-0.2, 0) is 4.74 Å². The molecule has 3 rings (SSSR count). The van der Waals surface area contributed by atoms with Gasteiger partial charge in [0.15, 0.2) is 0 Å². The van der Waals surface area contributed by atoms with E-state index in [1.807, 2.05) is 33.0 Å². The molecule has 1 aliphatic carbocycles. The highest BCUT2D eigenvalue weighted by atomic mass is 16.6. The van der Waals surface area contributed by atoms with E-state index >= 15 is 0 Å². The second kappa shape index (κ2) is 6.46. The molecule has 2 fully saturated rings. The van der Waals surface area contributed by atoms with Gasteiger partial charge in [-0.1, -0.05) is 6.08 Å². The van der Waals surface area contributed by atoms with E-state index in [0.717, 1.165) is 25.1 Å². The highest BCUT2D eigenvalue weighted by Crippen LogP contribution is 2.48. The van der Waals surface area contributed by atoms with E-state index in [0.29, 0.717) is 18.4 Å². The van der Waals surface area contributed by atoms with E-state index in [-0.39, 0.29) is 12.1 Å². The zero-order valence-electron chi connectivity index (χ0n) is 14.7. The molecule has 130 valence electrons. The first kappa shape index (κ1) is 16.8. The number of hydrogen-bond acceptors (Lipinski definition) is 4. The van der Waals surface area contributed by atoms with Crippen molar-refractivity contribution in [2.75, 3.05) is 13.2 Å². The Morgan fingerprint density at radius 3 is 2.83 bits per heavy atom. The van der Waals surface area contributed by atoms with Crippen molar-refractivity contribution in [2.45, 2.75) is 51.2 Å². The van der Waals surface area contributed by atoms with Crippen molar-refractivity contribution in [3.63, 3.8) is 0 Å². The van der Waals surface area contributed by atoms with Crippen molar-refractivity contribution >= 4 is 6.09 Å². The molecule has 5 nitrogen and oxygen atoms in total. The number of aromatic nitrogens is 1. The lowest BCUT2D eigenvalue weighted by Gasteiger charge is -2.40. The van der Waals surface area contributed by atoms with Gasteiger partial charge in [-0.25, -0.2) is 4.79 Å². The number of nitrogens with zero attached hydrogens (tertiary/aromatic N) is 2. The number of likely N-dealkylation sites (tertiary alicyclic amines) is 1. The molecule has 0 radical (unpaired) electrons. The van der Waals surface area contributed by atoms with Gasteiger partial charge in [0.2, 0.25) is 0 Å². The molecule has 3 atom stereocenters. The van der Waals surface area contributed by atoms with E-state index in [2.05, 4.69) is 17.6 Å². The molecular formula is C19H26N2O3. The zero-order valence-corrected chi connectivity index (χ0v) is 14.7. The number of hydrogen-bond donors (Lipinski definition) is 0. The van der Waals surface area contributed by atoms with Crippen LogP contribution in [0.3, 0.4) is 0 Å². The Labute approximate surface area is 143 Å². The quantitative estimate of drug-likeness (QED) is 0.771. The third-order valence-corrected chi connectivity index (χ3v) is 4.52. The third-order valence-electron chi connectivity index (χ3n) is 4.52. The van der Waals surface area contributed by atoms with Gasteiger partial charge < -0.3 is 14.4 Å². The van der Waals surface area contributed by atoms with Gasteiger partial charge in [-0.3, -0.25) is 4.98 Å². The van der Waals surface area contributed by atoms with Crippen LogP contribution in [0, 0.1) is 5.92 Å². The van der Waals surface area contributed by atoms with Gasteiger partial charge in [-0.05, 0) is 57.1 Å². The van der Waals surface area contributed by atoms with Crippen molar-refractivity contribution in [1.82, 2.24) is 9.88 Å². The molecule has 1 saturated carbocycles. The predicted octanol–water partition coefficient (Wildman–Crippen LogP) is 3.76. The van der Waals surface area contributed by atoms with Crippen molar-refractivity contribution in [1.29, 1.82) is 0 Å². The highest BCUT2D eigenvalue weighted by Gasteiger charge is 2.37. The Morgan fingerprint density at radius 2 is 2.25 bits per heavy atom. The predicted molar refractivity (Wildman–Crippen MR) is 92.1 cm³/mol. The second-order valence-electron chi connectivity index (χ2n) is 7.62. The molecule has 0 bridgehead atoms. The van der Waals surface area contributed by atoms with Crippen molar-refractivity contribution in [3.05, 3.63) is 36.7 Å². The highest BCUT2D eigenvalue weighted by molar-refractivity contribution is 5.69. The van der Waals surface area contributed by atoms with Crippen LogP contribution < -0.4 is 4.74 Å². The van der Waals surface area contributed by atoms with Gasteiger partial charge in [-0.15, -0.1) is 6.58 Å². The summed E-state index contributed by atoms with van der Waals surface area (Å²) in [5, 5.41) is 0. The molecule has 1 unspecified atom stereocenters. The van der Waals surface area contributed by atoms with Crippen LogP contribution in [0.25, 0.3) is 0 Å². The minimum atomic E-state index is -0.470. The Morgan fingerprint density at radius 1 is 1.46 bits per heavy atom. The van der Waals surface area contributed by atoms with Crippen LogP contribution >= 0.6 is 0 Å². The van der Waals surface area contributed by atoms with E-state index in [1.54, 1.807) is 11.1 Å². The number of pyridine rings is 1. The Balaban J connectivity index is 1.52. The number of amides is 1. The molecule has 1 saturated heterocycles. The van der Waals surface area contributed by atoms with Crippen molar-refractivity contribution in [3.8, 4) is 5.75 Å². The largest absolute Gasteiger partial charge is 0.490 e. The molecule has 1 aromatic heterocycles. The Hall–Kier alpha value is -2.04. The summed E-state index contributed by atoms with van der Waals surface area (Å²) < 4.78 is 11.3. The van der Waals surface area contributed by atoms with Crippen LogP contribution in [0.15, 0.2) is 31.1 Å². The molecule has 2 heterocycles. The van der Waals surface area contributed by atoms with Gasteiger partial charge in [0.25, 0.3) is 0 Å². The average molecular weight is 330 g/mol. The first-order valence-electron chi connectivity index (χ1n) is 8.57. The van der Waals surface area contributed by atoms with Crippen LogP contribution in [0.2, 0.25) is 0 Å². The summed E-state index contributed by atoms with van der Waals surface area (Å²) in [5.74, 6) is 1.86. The van der Waals surface area contributed by atoms with Gasteiger partial charge >= 0.3 is 6.09 Å². The lowest BCUT2D eigenvalue weighted by Crippen LogP contribution is -2.55. The van der Waals surface area contributed by atoms with E-state index < -0.39 is 5.60 Å². The average Bonchev–Trinajstić information content (AvgIpc) is 3.24. The lowest BCUT2D eigenvalue weighted by molar-refractivity contribution is -0.0141. The van der Waals surface area contributed by atoms with E-state index in [9.17, 15) is 4.79 Å². The standard InChI is InChI=1S/C19H26N2O3/c1-5-13-9-17(13)14-8-16(11-20-10-14)23-12-15-6-7-21(15)18(22)24-19(2,3)4/h5,8,10-11,13,15,17H,1,6-7,9,12H2,2-4H3/t13?,15-,17+/m0/s1. The van der Waals surface area contributed by atoms with Crippen LogP contribution in [-0.4, -0.2) is 40.8 Å². The maximum absolute atomic E-state index is 12.1. The monoisotopic (exact) mass is 330 g/mol. The van der Waals surface area contributed by atoms with Crippen molar-refractivity contribution < 1.29 is 14.3 Å². The molecule has 0 spiro atoms. The fourth-order valence-electron chi connectivity index (χ4n) is 2.94. The summed E-state index contributed by atoms with van der Waals surface area (Å²) >= 11 is 0. The maximum Gasteiger partial charge on any atom is 0.410 e. The topological polar surface area (TPSA) is 51.7 Å². The summed E-state index contributed by atoms with van der Waals surface area (Å²) in [7, 11) is 0. The van der Waals surface area contributed by atoms with Crippen molar-refractivity contribution in [2.24, 2.45) is 5.92 Å². The summed E-state index contributed by atoms with van der Waals surface area (Å²) in [6.45, 7) is 10.7. The van der Waals surface area contributed by atoms with Gasteiger partial charge in [0.05, 0.1) is 12.2 Å². The number of ether oxygens (including phenoxy) is 2. The molecule has 0 aromatic carbocycles. The van der Waals surface area contributed by atoms with E-state index in [1.165, 1.54) is 5.56 Å². The summed E-state index contributed by atoms with van der Waals surface area (Å²) in [6, 6.07) is 2.13. The molecular weight excluding hydrogens is 304 g/mol. The van der Waals surface area contributed by atoms with E-state index in [4.69, 9.17) is 9.47 Å². The molecule has 1 amide bonds. The van der Waals surface area contributed by atoms with Crippen LogP contribution in [0.5, 0.6) is 5.75 Å². The summed E-state index contributed by atoms with van der Waals surface area (Å²) in [5.41, 5.74) is 0.734. The molecule has 1 aliphatic heterocycles. The first-order valence-corrected chi connectivity index (χ1v) is 8.57. The van der Waals surface area contributed by atoms with Gasteiger partial charge in [-0.2, -0.15) is 0 Å². The molecule has 24 heavy (non-hydrogen) atoms. The second-order valence-corrected chi connectivity index (χ2v) is 7.62. The number of allylic oxidation sites excluding steroid dienone is 1. The third kappa shape index (κ3) is 3.89.